The minimum atomic E-state index is -4.41. The molecule has 1 unspecified atom stereocenters. The lowest BCUT2D eigenvalue weighted by Gasteiger charge is -2.25. The average molecular weight is 586 g/mol. The summed E-state index contributed by atoms with van der Waals surface area (Å²) in [5.74, 6) is 1.15. The third-order valence-corrected chi connectivity index (χ3v) is 7.68. The van der Waals surface area contributed by atoms with Gasteiger partial charge in [-0.25, -0.2) is 0 Å². The molecule has 1 amide bonds. The van der Waals surface area contributed by atoms with Gasteiger partial charge in [-0.15, -0.1) is 0 Å². The van der Waals surface area contributed by atoms with E-state index in [1.807, 2.05) is 6.07 Å². The van der Waals surface area contributed by atoms with Gasteiger partial charge in [-0.2, -0.15) is 13.2 Å². The number of carbonyl (C=O) groups excluding carboxylic acids is 1. The smallest absolute Gasteiger partial charge is 0.416 e. The summed E-state index contributed by atoms with van der Waals surface area (Å²) >= 11 is 0. The normalized spacial score (nSPS) is 15.0. The molecule has 0 spiro atoms. The predicted molar refractivity (Wildman–Crippen MR) is 153 cm³/mol. The predicted octanol–water partition coefficient (Wildman–Crippen LogP) is 8.73. The van der Waals surface area contributed by atoms with Crippen LogP contribution in [0.2, 0.25) is 0 Å². The van der Waals surface area contributed by atoms with E-state index >= 15 is 0 Å². The summed E-state index contributed by atoms with van der Waals surface area (Å²) in [6.45, 7) is 4.30. The molecule has 0 radical (unpaired) electrons. The third-order valence-electron chi connectivity index (χ3n) is 7.68. The molecule has 1 fully saturated rings. The first-order chi connectivity index (χ1) is 19.9. The molecule has 0 bridgehead atoms. The van der Waals surface area contributed by atoms with Crippen molar-refractivity contribution in [1.82, 2.24) is 4.90 Å². The van der Waals surface area contributed by atoms with Crippen molar-refractivity contribution in [2.24, 2.45) is 5.92 Å². The number of carbonyl (C=O) groups is 2. The fraction of sp³-hybridized carbons (Fsp3) is 0.455. The van der Waals surface area contributed by atoms with Gasteiger partial charge in [-0.05, 0) is 67.6 Å². The Bertz CT molecular complexity index is 1340. The SMILES string of the molecule is CC(C)CC(Oc1ccc(C(=O)N(C)CCC(=O)O)cc1)c1cc(-c2ccc(C(F)(F)F)cc2)oc1C1CCCCC1. The second kappa shape index (κ2) is 13.5. The number of ether oxygens (including phenoxy) is 1. The standard InChI is InChI=1S/C33H38F3NO5/c1-21(2)19-29(41-26-15-11-24(12-16-26)32(40)37(3)18-17-30(38)39)27-20-28(42-31(27)23-7-5-4-6-8-23)22-9-13-25(14-10-22)33(34,35)36/h9-16,20-21,23,29H,4-8,17-19H2,1-3H3,(H,38,39). The van der Waals surface area contributed by atoms with E-state index in [9.17, 15) is 22.8 Å². The van der Waals surface area contributed by atoms with Crippen molar-refractivity contribution < 1.29 is 37.0 Å². The van der Waals surface area contributed by atoms with Crippen molar-refractivity contribution in [1.29, 1.82) is 0 Å². The van der Waals surface area contributed by atoms with E-state index in [1.165, 1.54) is 23.5 Å². The van der Waals surface area contributed by atoms with Crippen LogP contribution in [-0.4, -0.2) is 35.5 Å². The number of furan rings is 1. The molecule has 0 aliphatic heterocycles. The Hall–Kier alpha value is -3.75. The lowest BCUT2D eigenvalue weighted by atomic mass is 9.84. The average Bonchev–Trinajstić information content (AvgIpc) is 3.41. The van der Waals surface area contributed by atoms with Crippen LogP contribution in [0.4, 0.5) is 13.2 Å². The van der Waals surface area contributed by atoms with E-state index in [2.05, 4.69) is 13.8 Å². The molecule has 3 aromatic rings. The van der Waals surface area contributed by atoms with E-state index in [4.69, 9.17) is 14.3 Å². The zero-order valence-electron chi connectivity index (χ0n) is 24.2. The molecule has 6 nitrogen and oxygen atoms in total. The largest absolute Gasteiger partial charge is 0.486 e. The van der Waals surface area contributed by atoms with Crippen molar-refractivity contribution in [2.75, 3.05) is 13.6 Å². The topological polar surface area (TPSA) is 80.0 Å². The molecule has 9 heteroatoms. The van der Waals surface area contributed by atoms with Gasteiger partial charge in [0.1, 0.15) is 23.4 Å². The zero-order chi connectivity index (χ0) is 30.4. The molecule has 2 aromatic carbocycles. The Morgan fingerprint density at radius 3 is 2.24 bits per heavy atom. The maximum Gasteiger partial charge on any atom is 0.416 e. The van der Waals surface area contributed by atoms with Crippen LogP contribution in [0.25, 0.3) is 11.3 Å². The first-order valence-electron chi connectivity index (χ1n) is 14.5. The zero-order valence-corrected chi connectivity index (χ0v) is 24.2. The molecule has 1 atom stereocenters. The highest BCUT2D eigenvalue weighted by Crippen LogP contribution is 2.43. The van der Waals surface area contributed by atoms with Crippen LogP contribution >= 0.6 is 0 Å². The second-order valence-corrected chi connectivity index (χ2v) is 11.5. The number of amides is 1. The Morgan fingerprint density at radius 1 is 1.02 bits per heavy atom. The Labute approximate surface area is 244 Å². The number of benzene rings is 2. The number of hydrogen-bond acceptors (Lipinski definition) is 4. The molecular weight excluding hydrogens is 547 g/mol. The van der Waals surface area contributed by atoms with Gasteiger partial charge in [0.05, 0.1) is 12.0 Å². The summed E-state index contributed by atoms with van der Waals surface area (Å²) in [5.41, 5.74) is 1.19. The molecule has 1 aromatic heterocycles. The van der Waals surface area contributed by atoms with E-state index in [0.29, 0.717) is 29.1 Å². The van der Waals surface area contributed by atoms with Gasteiger partial charge in [0, 0.05) is 36.2 Å². The van der Waals surface area contributed by atoms with E-state index in [0.717, 1.165) is 49.1 Å². The number of halogens is 3. The number of alkyl halides is 3. The van der Waals surface area contributed by atoms with Gasteiger partial charge in [-0.3, -0.25) is 9.59 Å². The van der Waals surface area contributed by atoms with Crippen molar-refractivity contribution in [3.05, 3.63) is 77.0 Å². The lowest BCUT2D eigenvalue weighted by Crippen LogP contribution is -2.28. The maximum absolute atomic E-state index is 13.2. The van der Waals surface area contributed by atoms with E-state index in [-0.39, 0.29) is 36.8 Å². The van der Waals surface area contributed by atoms with Crippen LogP contribution in [0.5, 0.6) is 5.75 Å². The summed E-state index contributed by atoms with van der Waals surface area (Å²) in [6.07, 6.45) is 1.08. The maximum atomic E-state index is 13.2. The fourth-order valence-electron chi connectivity index (χ4n) is 5.41. The van der Waals surface area contributed by atoms with Crippen LogP contribution in [0.1, 0.15) is 98.1 Å². The molecule has 42 heavy (non-hydrogen) atoms. The van der Waals surface area contributed by atoms with Gasteiger partial charge in [0.25, 0.3) is 5.91 Å². The van der Waals surface area contributed by atoms with Crippen LogP contribution in [0.15, 0.2) is 59.0 Å². The van der Waals surface area contributed by atoms with Crippen molar-refractivity contribution >= 4 is 11.9 Å². The monoisotopic (exact) mass is 585 g/mol. The number of nitrogens with zero attached hydrogens (tertiary/aromatic N) is 1. The van der Waals surface area contributed by atoms with Gasteiger partial charge in [-0.1, -0.05) is 45.2 Å². The highest BCUT2D eigenvalue weighted by atomic mass is 19.4. The van der Waals surface area contributed by atoms with Crippen LogP contribution in [0.3, 0.4) is 0 Å². The van der Waals surface area contributed by atoms with Gasteiger partial charge in [0.15, 0.2) is 0 Å². The Morgan fingerprint density at radius 2 is 1.67 bits per heavy atom. The van der Waals surface area contributed by atoms with Crippen molar-refractivity contribution in [2.45, 2.75) is 77.0 Å². The number of hydrogen-bond donors (Lipinski definition) is 1. The van der Waals surface area contributed by atoms with Gasteiger partial charge < -0.3 is 19.2 Å². The molecule has 0 saturated heterocycles. The van der Waals surface area contributed by atoms with Crippen molar-refractivity contribution in [3.63, 3.8) is 0 Å². The molecule has 1 heterocycles. The summed E-state index contributed by atoms with van der Waals surface area (Å²) in [5, 5.41) is 8.90. The summed E-state index contributed by atoms with van der Waals surface area (Å²) in [6, 6.07) is 13.7. The van der Waals surface area contributed by atoms with Crippen molar-refractivity contribution in [3.8, 4) is 17.1 Å². The summed E-state index contributed by atoms with van der Waals surface area (Å²) in [4.78, 5) is 24.9. The first-order valence-corrected chi connectivity index (χ1v) is 14.5. The van der Waals surface area contributed by atoms with Crippen LogP contribution < -0.4 is 4.74 Å². The molecule has 226 valence electrons. The number of carboxylic acid groups (broad SMARTS) is 1. The molecule has 1 N–H and O–H groups in total. The van der Waals surface area contributed by atoms with Crippen LogP contribution in [0, 0.1) is 5.92 Å². The molecule has 1 aliphatic carbocycles. The van der Waals surface area contributed by atoms with E-state index in [1.54, 1.807) is 31.3 Å². The highest BCUT2D eigenvalue weighted by Gasteiger charge is 2.32. The number of rotatable bonds is 11. The fourth-order valence-corrected chi connectivity index (χ4v) is 5.41. The highest BCUT2D eigenvalue weighted by molar-refractivity contribution is 5.94. The molecule has 1 saturated carbocycles. The minimum Gasteiger partial charge on any atom is -0.486 e. The first kappa shape index (κ1) is 31.2. The molecule has 4 rings (SSSR count). The molecule has 1 aliphatic rings. The van der Waals surface area contributed by atoms with Gasteiger partial charge in [0.2, 0.25) is 0 Å². The number of carboxylic acids is 1. The third kappa shape index (κ3) is 7.95. The van der Waals surface area contributed by atoms with E-state index < -0.39 is 17.7 Å². The van der Waals surface area contributed by atoms with Crippen LogP contribution in [-0.2, 0) is 11.0 Å². The molecular formula is C33H38F3NO5. The minimum absolute atomic E-state index is 0.106. The summed E-state index contributed by atoms with van der Waals surface area (Å²) < 4.78 is 52.4. The number of aliphatic carboxylic acids is 1. The van der Waals surface area contributed by atoms with Gasteiger partial charge >= 0.3 is 12.1 Å². The second-order valence-electron chi connectivity index (χ2n) is 11.5. The lowest BCUT2D eigenvalue weighted by molar-refractivity contribution is -0.138. The summed E-state index contributed by atoms with van der Waals surface area (Å²) in [7, 11) is 1.56. The Kier molecular flexibility index (Phi) is 10.0. The quantitative estimate of drug-likeness (QED) is 0.243. The Balaban J connectivity index is 1.63.